The van der Waals surface area contributed by atoms with Crippen LogP contribution in [0, 0.1) is 0 Å². The van der Waals surface area contributed by atoms with E-state index in [-0.39, 0.29) is 24.8 Å². The van der Waals surface area contributed by atoms with Gasteiger partial charge in [0.15, 0.2) is 0 Å². The molecule has 0 amide bonds. The fourth-order valence-corrected chi connectivity index (χ4v) is 11.1. The van der Waals surface area contributed by atoms with Crippen LogP contribution in [0.15, 0.2) is 121 Å². The Morgan fingerprint density at radius 2 is 0.854 bits per heavy atom. The minimum atomic E-state index is -1.14. The van der Waals surface area contributed by atoms with E-state index in [0.717, 1.165) is 22.4 Å². The summed E-state index contributed by atoms with van der Waals surface area (Å²) in [7, 11) is 0. The topological polar surface area (TPSA) is 25.8 Å². The van der Waals surface area contributed by atoms with Crippen molar-refractivity contribution < 1.29 is 48.0 Å². The van der Waals surface area contributed by atoms with E-state index in [1.807, 2.05) is 0 Å². The van der Waals surface area contributed by atoms with Crippen LogP contribution in [0.5, 0.6) is 0 Å². The van der Waals surface area contributed by atoms with E-state index in [9.17, 15) is 0 Å². The summed E-state index contributed by atoms with van der Waals surface area (Å²) >= 11 is -1.14. The van der Waals surface area contributed by atoms with Crippen molar-refractivity contribution in [2.24, 2.45) is 0 Å². The van der Waals surface area contributed by atoms with Crippen LogP contribution in [0.3, 0.4) is 0 Å². The molecule has 0 saturated heterocycles. The Kier molecular flexibility index (Phi) is 7.79. The average Bonchev–Trinajstić information content (AvgIpc) is 3.55. The zero-order valence-corrected chi connectivity index (χ0v) is 26.0. The minimum absolute atomic E-state index is 0. The third-order valence-electron chi connectivity index (χ3n) is 7.98. The summed E-state index contributed by atoms with van der Waals surface area (Å²) < 4.78 is 0.831. The second-order valence-corrected chi connectivity index (χ2v) is 13.9. The van der Waals surface area contributed by atoms with Gasteiger partial charge in [0.25, 0.3) is 0 Å². The van der Waals surface area contributed by atoms with Crippen LogP contribution < -0.4 is 24.8 Å². The van der Waals surface area contributed by atoms with Gasteiger partial charge in [0.1, 0.15) is 0 Å². The molecule has 2 aromatic heterocycles. The largest absolute Gasteiger partial charge is 1.00 e. The van der Waals surface area contributed by atoms with E-state index >= 15 is 0 Å². The maximum absolute atomic E-state index is 5.15. The molecule has 2 heterocycles. The first-order valence-corrected chi connectivity index (χ1v) is 16.3. The molecule has 6 aromatic rings. The predicted octanol–water partition coefficient (Wildman–Crippen LogP) is 2.76. The first-order chi connectivity index (χ1) is 19.3. The molecule has 0 aliphatic heterocycles. The van der Waals surface area contributed by atoms with Crippen LogP contribution in [0.1, 0.15) is 40.9 Å². The molecule has 0 bridgehead atoms. The maximum atomic E-state index is 5.15. The van der Waals surface area contributed by atoms with E-state index in [1.54, 1.807) is 0 Å². The summed E-state index contributed by atoms with van der Waals surface area (Å²) in [6.07, 6.45) is 4.80. The van der Waals surface area contributed by atoms with E-state index in [0.29, 0.717) is 7.25 Å². The van der Waals surface area contributed by atoms with Crippen molar-refractivity contribution >= 4 is 45.1 Å². The van der Waals surface area contributed by atoms with E-state index in [4.69, 9.17) is 9.97 Å². The van der Waals surface area contributed by atoms with Gasteiger partial charge < -0.3 is 24.8 Å². The molecule has 0 spiro atoms. The van der Waals surface area contributed by atoms with Gasteiger partial charge in [-0.25, -0.2) is 0 Å². The Bertz CT molecular complexity index is 1840. The third kappa shape index (κ3) is 4.91. The minimum Gasteiger partial charge on any atom is -1.00 e. The number of fused-ring (bicyclic) bond motifs is 4. The van der Waals surface area contributed by atoms with Gasteiger partial charge in [-0.05, 0) is 0 Å². The maximum Gasteiger partial charge on any atom is -1.00 e. The van der Waals surface area contributed by atoms with Crippen molar-refractivity contribution in [1.29, 1.82) is 0 Å². The molecule has 8 rings (SSSR count). The molecular weight excluding hydrogens is 623 g/mol. The summed E-state index contributed by atoms with van der Waals surface area (Å²) in [6, 6.07) is 43.6. The Hall–Kier alpha value is -3.36. The van der Waals surface area contributed by atoms with Crippen LogP contribution in [-0.4, -0.2) is 9.97 Å². The average molecular weight is 647 g/mol. The molecule has 196 valence electrons. The van der Waals surface area contributed by atoms with E-state index < -0.39 is 23.2 Å². The van der Waals surface area contributed by atoms with Crippen molar-refractivity contribution in [3.63, 3.8) is 0 Å². The van der Waals surface area contributed by atoms with E-state index in [1.165, 1.54) is 44.2 Å². The van der Waals surface area contributed by atoms with Crippen molar-refractivity contribution in [3.05, 3.63) is 155 Å². The molecule has 0 saturated carbocycles. The number of halogens is 2. The summed E-state index contributed by atoms with van der Waals surface area (Å²) in [5, 5.41) is 2.37. The van der Waals surface area contributed by atoms with Gasteiger partial charge >= 0.3 is 241 Å². The number of rotatable bonds is 4. The third-order valence-corrected chi connectivity index (χ3v) is 12.7. The summed E-state index contributed by atoms with van der Waals surface area (Å²) in [4.78, 5) is 10.3. The summed E-state index contributed by atoms with van der Waals surface area (Å²) in [5.74, 6) is 0. The number of hydrogen-bond acceptors (Lipinski definition) is 2. The first-order valence-electron chi connectivity index (χ1n) is 13.4. The van der Waals surface area contributed by atoms with Crippen molar-refractivity contribution in [1.82, 2.24) is 9.97 Å². The summed E-state index contributed by atoms with van der Waals surface area (Å²) in [6.45, 7) is 0. The molecule has 2 aliphatic rings. The standard InChI is InChI=1S/2C18H12N.2ClH.Zr/c2*1-2-7-15-12-16(11-14(15)6-1)18-10-9-13-5-3-4-8-17(13)19-18;;;/h2*1-12H;2*1H;/q;;;;+2/p-2. The molecule has 0 fully saturated rings. The molecule has 0 radical (unpaired) electrons. The predicted molar refractivity (Wildman–Crippen MR) is 158 cm³/mol. The molecule has 41 heavy (non-hydrogen) atoms. The van der Waals surface area contributed by atoms with Crippen molar-refractivity contribution in [3.8, 4) is 0 Å². The first kappa shape index (κ1) is 27.8. The Labute approximate surface area is 263 Å². The number of para-hydroxylation sites is 2. The van der Waals surface area contributed by atoms with Crippen LogP contribution >= 0.6 is 0 Å². The van der Waals surface area contributed by atoms with Crippen LogP contribution in [-0.2, 0) is 23.2 Å². The van der Waals surface area contributed by atoms with Gasteiger partial charge in [0.05, 0.1) is 0 Å². The smallest absolute Gasteiger partial charge is 1.00 e. The number of aromatic nitrogens is 2. The Balaban J connectivity index is 0.00000151. The van der Waals surface area contributed by atoms with Crippen LogP contribution in [0.4, 0.5) is 0 Å². The van der Waals surface area contributed by atoms with Gasteiger partial charge in [-0.2, -0.15) is 0 Å². The second-order valence-electron chi connectivity index (χ2n) is 10.3. The number of pyridine rings is 2. The monoisotopic (exact) mass is 644 g/mol. The van der Waals surface area contributed by atoms with Gasteiger partial charge in [0, 0.05) is 0 Å². The molecule has 4 aromatic carbocycles. The fourth-order valence-electron chi connectivity index (χ4n) is 6.07. The van der Waals surface area contributed by atoms with Crippen LogP contribution in [0.2, 0.25) is 0 Å². The zero-order valence-electron chi connectivity index (χ0n) is 22.0. The van der Waals surface area contributed by atoms with Crippen molar-refractivity contribution in [2.45, 2.75) is 7.25 Å². The normalized spacial score (nSPS) is 16.6. The van der Waals surface area contributed by atoms with Gasteiger partial charge in [-0.3, -0.25) is 0 Å². The molecule has 2 aliphatic carbocycles. The Morgan fingerprint density at radius 3 is 1.34 bits per heavy atom. The quantitative estimate of drug-likeness (QED) is 0.295. The molecule has 5 heteroatoms. The zero-order chi connectivity index (χ0) is 25.8. The Morgan fingerprint density at radius 1 is 0.439 bits per heavy atom. The van der Waals surface area contributed by atoms with E-state index in [2.05, 4.69) is 133 Å². The molecule has 0 N–H and O–H groups in total. The van der Waals surface area contributed by atoms with Crippen LogP contribution in [0.25, 0.3) is 45.1 Å². The number of nitrogens with zero attached hydrogens (tertiary/aromatic N) is 2. The number of benzene rings is 4. The van der Waals surface area contributed by atoms with Gasteiger partial charge in [-0.15, -0.1) is 0 Å². The van der Waals surface area contributed by atoms with Crippen molar-refractivity contribution in [2.75, 3.05) is 0 Å². The summed E-state index contributed by atoms with van der Waals surface area (Å²) in [5.41, 5.74) is 12.7. The molecule has 2 atom stereocenters. The number of hydrogen-bond donors (Lipinski definition) is 0. The molecule has 2 nitrogen and oxygen atoms in total. The van der Waals surface area contributed by atoms with Gasteiger partial charge in [-0.1, -0.05) is 0 Å². The molecular formula is C36H24Cl2N2Zr. The van der Waals surface area contributed by atoms with Gasteiger partial charge in [0.2, 0.25) is 0 Å². The number of allylic oxidation sites excluding steroid dienone is 2. The second kappa shape index (κ2) is 11.5. The molecule has 2 unspecified atom stereocenters. The SMILES string of the molecule is C1=C(c2ccc3ccccc3n2)[CH]([Zr+2][CH]2C(c3ccc4ccccc4n3)=Cc3ccccc32)c2ccccc21.[Cl-].[Cl-]. The fraction of sp³-hybridized carbons (Fsp3) is 0.0556.